The summed E-state index contributed by atoms with van der Waals surface area (Å²) in [7, 11) is 0. The van der Waals surface area contributed by atoms with Gasteiger partial charge in [0.15, 0.2) is 6.61 Å². The van der Waals surface area contributed by atoms with E-state index < -0.39 is 11.9 Å². The zero-order valence-electron chi connectivity index (χ0n) is 14.2. The molecule has 0 fully saturated rings. The van der Waals surface area contributed by atoms with E-state index in [1.807, 2.05) is 0 Å². The molecular weight excluding hydrogens is 366 g/mol. The fourth-order valence-electron chi connectivity index (χ4n) is 2.40. The summed E-state index contributed by atoms with van der Waals surface area (Å²) in [5, 5.41) is 12.5. The number of hydrogen-bond acceptors (Lipinski definition) is 4. The molecule has 3 aromatic rings. The Labute approximate surface area is 161 Å². The number of hydrogen-bond donors (Lipinski definition) is 2. The number of rotatable bonds is 5. The van der Waals surface area contributed by atoms with Crippen LogP contribution in [-0.2, 0) is 9.53 Å². The maximum Gasteiger partial charge on any atom is 0.338 e. The number of amides is 1. The number of benzene rings is 3. The number of aromatic hydroxyl groups is 1. The van der Waals surface area contributed by atoms with E-state index in [0.717, 1.165) is 11.1 Å². The highest BCUT2D eigenvalue weighted by molar-refractivity contribution is 6.30. The zero-order chi connectivity index (χ0) is 19.2. The Kier molecular flexibility index (Phi) is 5.74. The largest absolute Gasteiger partial charge is 0.508 e. The maximum absolute atomic E-state index is 12.1. The number of phenols is 1. The van der Waals surface area contributed by atoms with Crippen LogP contribution in [0.3, 0.4) is 0 Å². The average molecular weight is 382 g/mol. The second-order valence-electron chi connectivity index (χ2n) is 5.76. The van der Waals surface area contributed by atoms with E-state index >= 15 is 0 Å². The van der Waals surface area contributed by atoms with Crippen LogP contribution in [0.4, 0.5) is 5.69 Å². The van der Waals surface area contributed by atoms with Gasteiger partial charge < -0.3 is 15.2 Å². The van der Waals surface area contributed by atoms with Crippen molar-refractivity contribution in [3.63, 3.8) is 0 Å². The molecule has 136 valence electrons. The third-order valence-electron chi connectivity index (χ3n) is 3.78. The molecule has 0 spiro atoms. The third kappa shape index (κ3) is 5.09. The van der Waals surface area contributed by atoms with Gasteiger partial charge in [0.05, 0.1) is 5.56 Å². The van der Waals surface area contributed by atoms with Gasteiger partial charge in [0.2, 0.25) is 0 Å². The number of nitrogens with one attached hydrogen (secondary N) is 1. The highest BCUT2D eigenvalue weighted by Crippen LogP contribution is 2.22. The topological polar surface area (TPSA) is 75.6 Å². The van der Waals surface area contributed by atoms with Crippen molar-refractivity contribution in [2.24, 2.45) is 0 Å². The van der Waals surface area contributed by atoms with Crippen molar-refractivity contribution in [1.29, 1.82) is 0 Å². The second-order valence-corrected chi connectivity index (χ2v) is 6.19. The fourth-order valence-corrected chi connectivity index (χ4v) is 2.52. The molecule has 0 aliphatic rings. The van der Waals surface area contributed by atoms with Gasteiger partial charge in [-0.05, 0) is 59.7 Å². The molecule has 0 saturated carbocycles. The molecule has 3 aromatic carbocycles. The minimum Gasteiger partial charge on any atom is -0.508 e. The molecule has 5 nitrogen and oxygen atoms in total. The van der Waals surface area contributed by atoms with Crippen LogP contribution in [0.25, 0.3) is 11.1 Å². The number of anilines is 1. The molecule has 0 aromatic heterocycles. The standard InChI is InChI=1S/C21H16ClNO4/c22-17-7-9-18(10-8-17)23-20(25)13-27-21(26)16-3-1-14(2-4-16)15-5-11-19(24)12-6-15/h1-12,24H,13H2,(H,23,25). The average Bonchev–Trinajstić information content (AvgIpc) is 2.69. The molecule has 27 heavy (non-hydrogen) atoms. The Hall–Kier alpha value is -3.31. The van der Waals surface area contributed by atoms with E-state index in [9.17, 15) is 14.7 Å². The van der Waals surface area contributed by atoms with Crippen molar-refractivity contribution >= 4 is 29.2 Å². The molecule has 1 amide bonds. The summed E-state index contributed by atoms with van der Waals surface area (Å²) in [5.74, 6) is -0.833. The third-order valence-corrected chi connectivity index (χ3v) is 4.04. The van der Waals surface area contributed by atoms with Gasteiger partial charge in [-0.2, -0.15) is 0 Å². The second kappa shape index (κ2) is 8.38. The Morgan fingerprint density at radius 3 is 2.00 bits per heavy atom. The summed E-state index contributed by atoms with van der Waals surface area (Å²) in [6, 6.07) is 20.2. The number of carbonyl (C=O) groups excluding carboxylic acids is 2. The number of carbonyl (C=O) groups is 2. The molecule has 0 heterocycles. The lowest BCUT2D eigenvalue weighted by molar-refractivity contribution is -0.119. The van der Waals surface area contributed by atoms with Crippen LogP contribution in [-0.4, -0.2) is 23.6 Å². The molecule has 0 atom stereocenters. The van der Waals surface area contributed by atoms with Crippen molar-refractivity contribution in [3.05, 3.63) is 83.4 Å². The SMILES string of the molecule is O=C(COC(=O)c1ccc(-c2ccc(O)cc2)cc1)Nc1ccc(Cl)cc1. The Bertz CT molecular complexity index is 935. The van der Waals surface area contributed by atoms with Crippen molar-refractivity contribution in [1.82, 2.24) is 0 Å². The van der Waals surface area contributed by atoms with E-state index in [1.165, 1.54) is 0 Å². The zero-order valence-corrected chi connectivity index (χ0v) is 14.9. The molecular formula is C21H16ClNO4. The summed E-state index contributed by atoms with van der Waals surface area (Å²) in [6.45, 7) is -0.388. The van der Waals surface area contributed by atoms with Crippen molar-refractivity contribution in [2.75, 3.05) is 11.9 Å². The number of phenolic OH excluding ortho intramolecular Hbond substituents is 1. The lowest BCUT2D eigenvalue weighted by atomic mass is 10.0. The van der Waals surface area contributed by atoms with Crippen LogP contribution in [0.5, 0.6) is 5.75 Å². The first-order valence-electron chi connectivity index (χ1n) is 8.13. The molecule has 0 bridgehead atoms. The Morgan fingerprint density at radius 2 is 1.41 bits per heavy atom. The summed E-state index contributed by atoms with van der Waals surface area (Å²) in [5.41, 5.74) is 2.72. The van der Waals surface area contributed by atoms with Gasteiger partial charge in [-0.15, -0.1) is 0 Å². The van der Waals surface area contributed by atoms with Crippen LogP contribution in [0.2, 0.25) is 5.02 Å². The molecule has 6 heteroatoms. The summed E-state index contributed by atoms with van der Waals surface area (Å²) >= 11 is 5.78. The van der Waals surface area contributed by atoms with E-state index in [-0.39, 0.29) is 12.4 Å². The minimum atomic E-state index is -0.585. The van der Waals surface area contributed by atoms with E-state index in [4.69, 9.17) is 16.3 Å². The molecule has 2 N–H and O–H groups in total. The van der Waals surface area contributed by atoms with Gasteiger partial charge >= 0.3 is 5.97 Å². The van der Waals surface area contributed by atoms with Gasteiger partial charge in [0.25, 0.3) is 5.91 Å². The number of esters is 1. The predicted molar refractivity (Wildman–Crippen MR) is 104 cm³/mol. The van der Waals surface area contributed by atoms with Crippen LogP contribution in [0, 0.1) is 0 Å². The van der Waals surface area contributed by atoms with E-state index in [2.05, 4.69) is 5.32 Å². The summed E-state index contributed by atoms with van der Waals surface area (Å²) in [6.07, 6.45) is 0. The predicted octanol–water partition coefficient (Wildman–Crippen LogP) is 4.51. The molecule has 0 saturated heterocycles. The first-order valence-corrected chi connectivity index (χ1v) is 8.51. The first-order chi connectivity index (χ1) is 13.0. The van der Waals surface area contributed by atoms with Crippen LogP contribution in [0.1, 0.15) is 10.4 Å². The monoisotopic (exact) mass is 381 g/mol. The van der Waals surface area contributed by atoms with E-state index in [1.54, 1.807) is 72.8 Å². The van der Waals surface area contributed by atoms with Crippen molar-refractivity contribution in [2.45, 2.75) is 0 Å². The van der Waals surface area contributed by atoms with Crippen LogP contribution >= 0.6 is 11.6 Å². The van der Waals surface area contributed by atoms with Gasteiger partial charge in [-0.1, -0.05) is 35.9 Å². The fraction of sp³-hybridized carbons (Fsp3) is 0.0476. The van der Waals surface area contributed by atoms with Gasteiger partial charge in [0.1, 0.15) is 5.75 Å². The first kappa shape index (κ1) is 18.5. The normalized spacial score (nSPS) is 10.3. The maximum atomic E-state index is 12.1. The Balaban J connectivity index is 1.55. The Morgan fingerprint density at radius 1 is 0.852 bits per heavy atom. The molecule has 0 unspecified atom stereocenters. The summed E-state index contributed by atoms with van der Waals surface area (Å²) < 4.78 is 5.04. The number of halogens is 1. The van der Waals surface area contributed by atoms with Crippen molar-refractivity contribution in [3.8, 4) is 16.9 Å². The van der Waals surface area contributed by atoms with Gasteiger partial charge in [0, 0.05) is 10.7 Å². The van der Waals surface area contributed by atoms with Gasteiger partial charge in [-0.25, -0.2) is 4.79 Å². The van der Waals surface area contributed by atoms with Crippen LogP contribution < -0.4 is 5.32 Å². The van der Waals surface area contributed by atoms with Crippen molar-refractivity contribution < 1.29 is 19.4 Å². The highest BCUT2D eigenvalue weighted by atomic mass is 35.5. The lowest BCUT2D eigenvalue weighted by Gasteiger charge is -2.07. The number of ether oxygens (including phenoxy) is 1. The molecule has 0 aliphatic carbocycles. The quantitative estimate of drug-likeness (QED) is 0.637. The van der Waals surface area contributed by atoms with Gasteiger partial charge in [-0.3, -0.25) is 4.79 Å². The van der Waals surface area contributed by atoms with E-state index in [0.29, 0.717) is 16.3 Å². The lowest BCUT2D eigenvalue weighted by Crippen LogP contribution is -2.20. The smallest absolute Gasteiger partial charge is 0.338 e. The minimum absolute atomic E-state index is 0.191. The molecule has 3 rings (SSSR count). The molecule has 0 aliphatic heterocycles. The highest BCUT2D eigenvalue weighted by Gasteiger charge is 2.11. The molecule has 0 radical (unpaired) electrons. The summed E-state index contributed by atoms with van der Waals surface area (Å²) in [4.78, 5) is 23.9. The van der Waals surface area contributed by atoms with Crippen LogP contribution in [0.15, 0.2) is 72.8 Å².